The fourth-order valence-corrected chi connectivity index (χ4v) is 2.86. The van der Waals surface area contributed by atoms with Crippen LogP contribution in [0.3, 0.4) is 0 Å². The number of rotatable bonds is 5. The first-order chi connectivity index (χ1) is 8.10. The van der Waals surface area contributed by atoms with E-state index in [2.05, 4.69) is 29.1 Å². The Bertz CT molecular complexity index is 345. The maximum absolute atomic E-state index is 11.5. The van der Waals surface area contributed by atoms with Gasteiger partial charge in [0.25, 0.3) is 0 Å². The van der Waals surface area contributed by atoms with Crippen molar-refractivity contribution in [2.75, 3.05) is 6.54 Å². The molecule has 1 rings (SSSR count). The maximum atomic E-state index is 11.5. The number of azide groups is 1. The van der Waals surface area contributed by atoms with Crippen LogP contribution in [0, 0.1) is 23.7 Å². The lowest BCUT2D eigenvalue weighted by Gasteiger charge is -2.22. The van der Waals surface area contributed by atoms with Crippen molar-refractivity contribution in [3.63, 3.8) is 0 Å². The van der Waals surface area contributed by atoms with Crippen molar-refractivity contribution in [3.8, 4) is 0 Å². The predicted molar refractivity (Wildman–Crippen MR) is 68.4 cm³/mol. The van der Waals surface area contributed by atoms with Crippen LogP contribution in [-0.2, 0) is 4.79 Å². The largest absolute Gasteiger partial charge is 0.300 e. The van der Waals surface area contributed by atoms with Gasteiger partial charge in [0.1, 0.15) is 5.78 Å². The second-order valence-electron chi connectivity index (χ2n) is 5.02. The third-order valence-electron chi connectivity index (χ3n) is 3.84. The van der Waals surface area contributed by atoms with Gasteiger partial charge in [-0.2, -0.15) is 0 Å². The fraction of sp³-hybridized carbons (Fsp3) is 0.769. The van der Waals surface area contributed by atoms with Crippen molar-refractivity contribution < 1.29 is 4.79 Å². The van der Waals surface area contributed by atoms with Crippen molar-refractivity contribution >= 4 is 5.78 Å². The first-order valence-corrected chi connectivity index (χ1v) is 6.24. The van der Waals surface area contributed by atoms with Gasteiger partial charge in [0.05, 0.1) is 0 Å². The number of carbonyl (C=O) groups excluding carboxylic acids is 1. The number of hydrogen-bond donors (Lipinski definition) is 0. The van der Waals surface area contributed by atoms with Gasteiger partial charge in [0.2, 0.25) is 0 Å². The third-order valence-corrected chi connectivity index (χ3v) is 3.84. The molecule has 0 radical (unpaired) electrons. The standard InChI is InChI=1S/C13H21N3O/c1-4-5-11-6-12(10(3)17)7-13(11)9(2)8-15-16-14/h4-5,9,11-13H,6-8H2,1-3H3/b5-4-/t9?,11-,12+,13+/m1/s1. The molecule has 0 spiro atoms. The van der Waals surface area contributed by atoms with Gasteiger partial charge in [0, 0.05) is 17.4 Å². The Morgan fingerprint density at radius 2 is 2.29 bits per heavy atom. The molecule has 4 nitrogen and oxygen atoms in total. The molecule has 1 aliphatic carbocycles. The van der Waals surface area contributed by atoms with Crippen LogP contribution in [0.25, 0.3) is 10.4 Å². The summed E-state index contributed by atoms with van der Waals surface area (Å²) >= 11 is 0. The third kappa shape index (κ3) is 3.60. The van der Waals surface area contributed by atoms with E-state index in [0.717, 1.165) is 12.8 Å². The van der Waals surface area contributed by atoms with Crippen molar-refractivity contribution in [3.05, 3.63) is 22.6 Å². The van der Waals surface area contributed by atoms with Crippen molar-refractivity contribution in [2.45, 2.75) is 33.6 Å². The van der Waals surface area contributed by atoms with Gasteiger partial charge >= 0.3 is 0 Å². The van der Waals surface area contributed by atoms with Crippen LogP contribution in [0.15, 0.2) is 17.3 Å². The lowest BCUT2D eigenvalue weighted by Crippen LogP contribution is -2.17. The zero-order chi connectivity index (χ0) is 12.8. The van der Waals surface area contributed by atoms with Gasteiger partial charge in [-0.3, -0.25) is 4.79 Å². The highest BCUT2D eigenvalue weighted by molar-refractivity contribution is 5.78. The maximum Gasteiger partial charge on any atom is 0.132 e. The molecule has 1 aliphatic rings. The normalized spacial score (nSPS) is 30.2. The van der Waals surface area contributed by atoms with E-state index in [4.69, 9.17) is 5.53 Å². The first kappa shape index (κ1) is 13.8. The summed E-state index contributed by atoms with van der Waals surface area (Å²) < 4.78 is 0. The summed E-state index contributed by atoms with van der Waals surface area (Å²) in [7, 11) is 0. The molecular weight excluding hydrogens is 214 g/mol. The lowest BCUT2D eigenvalue weighted by molar-refractivity contribution is -0.120. The fourth-order valence-electron chi connectivity index (χ4n) is 2.86. The van der Waals surface area contributed by atoms with Crippen LogP contribution in [0.2, 0.25) is 0 Å². The minimum absolute atomic E-state index is 0.190. The molecule has 0 aliphatic heterocycles. The van der Waals surface area contributed by atoms with Crippen LogP contribution >= 0.6 is 0 Å². The van der Waals surface area contributed by atoms with Gasteiger partial charge in [-0.05, 0) is 50.0 Å². The predicted octanol–water partition coefficient (Wildman–Crippen LogP) is 3.74. The monoisotopic (exact) mass is 235 g/mol. The minimum atomic E-state index is 0.190. The van der Waals surface area contributed by atoms with Crippen LogP contribution in [0.5, 0.6) is 0 Å². The van der Waals surface area contributed by atoms with Crippen LogP contribution < -0.4 is 0 Å². The first-order valence-electron chi connectivity index (χ1n) is 6.24. The molecule has 0 aromatic heterocycles. The second-order valence-corrected chi connectivity index (χ2v) is 5.02. The Labute approximate surface area is 103 Å². The van der Waals surface area contributed by atoms with Crippen LogP contribution in [0.1, 0.15) is 33.6 Å². The number of nitrogens with zero attached hydrogens (tertiary/aromatic N) is 3. The highest BCUT2D eigenvalue weighted by Crippen LogP contribution is 2.42. The molecule has 4 heteroatoms. The molecule has 94 valence electrons. The van der Waals surface area contributed by atoms with Crippen LogP contribution in [0.4, 0.5) is 0 Å². The van der Waals surface area contributed by atoms with E-state index in [-0.39, 0.29) is 11.7 Å². The number of allylic oxidation sites excluding steroid dienone is 2. The topological polar surface area (TPSA) is 65.8 Å². The lowest BCUT2D eigenvalue weighted by atomic mass is 9.84. The van der Waals surface area contributed by atoms with Crippen molar-refractivity contribution in [1.29, 1.82) is 0 Å². The van der Waals surface area contributed by atoms with Gasteiger partial charge in [-0.15, -0.1) is 0 Å². The number of Topliss-reactive ketones (excluding diaryl/α,β-unsaturated/α-hetero) is 1. The summed E-state index contributed by atoms with van der Waals surface area (Å²) in [6.07, 6.45) is 6.14. The van der Waals surface area contributed by atoms with Gasteiger partial charge in [0.15, 0.2) is 0 Å². The molecule has 0 amide bonds. The molecule has 0 aromatic rings. The van der Waals surface area contributed by atoms with Gasteiger partial charge in [-0.25, -0.2) is 0 Å². The van der Waals surface area contributed by atoms with Crippen molar-refractivity contribution in [1.82, 2.24) is 0 Å². The van der Waals surface area contributed by atoms with Crippen LogP contribution in [-0.4, -0.2) is 12.3 Å². The Balaban J connectivity index is 2.73. The molecule has 1 unspecified atom stereocenters. The zero-order valence-corrected chi connectivity index (χ0v) is 10.8. The Kier molecular flexibility index (Phi) is 5.23. The summed E-state index contributed by atoms with van der Waals surface area (Å²) in [5, 5.41) is 3.65. The Morgan fingerprint density at radius 1 is 1.59 bits per heavy atom. The molecule has 4 atom stereocenters. The highest BCUT2D eigenvalue weighted by atomic mass is 16.1. The van der Waals surface area contributed by atoms with E-state index in [9.17, 15) is 4.79 Å². The molecule has 17 heavy (non-hydrogen) atoms. The Morgan fingerprint density at radius 3 is 2.82 bits per heavy atom. The summed E-state index contributed by atoms with van der Waals surface area (Å²) in [5.74, 6) is 1.74. The molecule has 0 heterocycles. The Hall–Kier alpha value is -1.28. The molecule has 0 aromatic carbocycles. The van der Waals surface area contributed by atoms with E-state index in [1.807, 2.05) is 6.92 Å². The summed E-state index contributed by atoms with van der Waals surface area (Å²) in [5.41, 5.74) is 8.36. The number of ketones is 1. The SMILES string of the molecule is C/C=C\[C@@H]1C[C@H](C(C)=O)C[C@H]1C(C)CN=[N+]=[N-]. The average Bonchev–Trinajstić information content (AvgIpc) is 2.70. The summed E-state index contributed by atoms with van der Waals surface area (Å²) in [6.45, 7) is 6.33. The highest BCUT2D eigenvalue weighted by Gasteiger charge is 2.37. The zero-order valence-electron chi connectivity index (χ0n) is 10.8. The smallest absolute Gasteiger partial charge is 0.132 e. The van der Waals surface area contributed by atoms with E-state index >= 15 is 0 Å². The molecule has 0 saturated heterocycles. The van der Waals surface area contributed by atoms with E-state index < -0.39 is 0 Å². The number of carbonyl (C=O) groups is 1. The summed E-state index contributed by atoms with van der Waals surface area (Å²) in [6, 6.07) is 0. The van der Waals surface area contributed by atoms with E-state index in [1.54, 1.807) is 6.92 Å². The summed E-state index contributed by atoms with van der Waals surface area (Å²) in [4.78, 5) is 14.3. The quantitative estimate of drug-likeness (QED) is 0.310. The average molecular weight is 235 g/mol. The van der Waals surface area contributed by atoms with Gasteiger partial charge < -0.3 is 0 Å². The van der Waals surface area contributed by atoms with Gasteiger partial charge in [-0.1, -0.05) is 24.2 Å². The molecular formula is C13H21N3O. The second kappa shape index (κ2) is 6.45. The number of hydrogen-bond acceptors (Lipinski definition) is 2. The van der Waals surface area contributed by atoms with E-state index in [1.165, 1.54) is 0 Å². The van der Waals surface area contributed by atoms with Crippen molar-refractivity contribution in [2.24, 2.45) is 28.8 Å². The molecule has 0 bridgehead atoms. The minimum Gasteiger partial charge on any atom is -0.300 e. The molecule has 0 N–H and O–H groups in total. The molecule has 1 fully saturated rings. The molecule has 1 saturated carbocycles. The van der Waals surface area contributed by atoms with E-state index in [0.29, 0.717) is 24.3 Å².